The molecule has 1 N–H and O–H groups in total. The number of amides is 1. The molecule has 26 heavy (non-hydrogen) atoms. The van der Waals surface area contributed by atoms with Crippen molar-refractivity contribution in [1.82, 2.24) is 14.9 Å². The van der Waals surface area contributed by atoms with Gasteiger partial charge >= 0.3 is 0 Å². The van der Waals surface area contributed by atoms with Crippen LogP contribution in [0.5, 0.6) is 0 Å². The number of aromatic nitrogens is 2. The zero-order valence-electron chi connectivity index (χ0n) is 14.3. The molecule has 0 spiro atoms. The Morgan fingerprint density at radius 3 is 2.73 bits per heavy atom. The van der Waals surface area contributed by atoms with E-state index in [0.29, 0.717) is 18.8 Å². The summed E-state index contributed by atoms with van der Waals surface area (Å²) < 4.78 is 3.23. The molecule has 0 bridgehead atoms. The molecule has 3 aromatic heterocycles. The van der Waals surface area contributed by atoms with Gasteiger partial charge in [-0.15, -0.1) is 11.3 Å². The first-order valence-corrected chi connectivity index (χ1v) is 9.48. The van der Waals surface area contributed by atoms with Crippen molar-refractivity contribution in [2.75, 3.05) is 6.54 Å². The number of pyridine rings is 1. The van der Waals surface area contributed by atoms with Crippen molar-refractivity contribution >= 4 is 27.5 Å². The first-order valence-electron chi connectivity index (χ1n) is 8.60. The molecule has 0 unspecified atom stereocenters. The highest BCUT2D eigenvalue weighted by Gasteiger charge is 2.16. The number of fused-ring (bicyclic) bond motifs is 1. The number of carbonyl (C=O) groups excluding carboxylic acids is 1. The molecule has 1 amide bonds. The van der Waals surface area contributed by atoms with Gasteiger partial charge in [-0.2, -0.15) is 0 Å². The summed E-state index contributed by atoms with van der Waals surface area (Å²) in [5.41, 5.74) is 3.97. The maximum absolute atomic E-state index is 12.8. The predicted octanol–water partition coefficient (Wildman–Crippen LogP) is 4.12. The van der Waals surface area contributed by atoms with E-state index in [1.54, 1.807) is 17.5 Å². The van der Waals surface area contributed by atoms with Gasteiger partial charge in [0.05, 0.1) is 10.2 Å². The fraction of sp³-hybridized carbons (Fsp3) is 0.143. The van der Waals surface area contributed by atoms with Crippen LogP contribution in [0.1, 0.15) is 21.7 Å². The summed E-state index contributed by atoms with van der Waals surface area (Å²) in [6, 6.07) is 20.1. The third-order valence-corrected chi connectivity index (χ3v) is 5.18. The van der Waals surface area contributed by atoms with Crippen LogP contribution < -0.4 is 5.32 Å². The Bertz CT molecular complexity index is 1010. The number of thiophene rings is 1. The summed E-state index contributed by atoms with van der Waals surface area (Å²) in [4.78, 5) is 17.1. The van der Waals surface area contributed by atoms with E-state index < -0.39 is 0 Å². The van der Waals surface area contributed by atoms with Gasteiger partial charge in [0.2, 0.25) is 0 Å². The van der Waals surface area contributed by atoms with E-state index in [9.17, 15) is 4.79 Å². The minimum atomic E-state index is -0.0414. The molecule has 130 valence electrons. The Labute approximate surface area is 156 Å². The highest BCUT2D eigenvalue weighted by molar-refractivity contribution is 7.17. The van der Waals surface area contributed by atoms with E-state index in [1.807, 2.05) is 42.5 Å². The molecular weight excluding hydrogens is 342 g/mol. The van der Waals surface area contributed by atoms with Gasteiger partial charge in [-0.05, 0) is 35.2 Å². The molecule has 0 fully saturated rings. The highest BCUT2D eigenvalue weighted by Crippen LogP contribution is 2.26. The van der Waals surface area contributed by atoms with Crippen molar-refractivity contribution < 1.29 is 4.79 Å². The largest absolute Gasteiger partial charge is 0.350 e. The minimum absolute atomic E-state index is 0.0414. The number of hydrogen-bond donors (Lipinski definition) is 1. The maximum Gasteiger partial charge on any atom is 0.267 e. The van der Waals surface area contributed by atoms with Crippen LogP contribution in [-0.4, -0.2) is 22.0 Å². The molecular formula is C21H19N3OS. The van der Waals surface area contributed by atoms with Gasteiger partial charge in [-0.25, -0.2) is 0 Å². The van der Waals surface area contributed by atoms with Crippen molar-refractivity contribution in [1.29, 1.82) is 0 Å². The van der Waals surface area contributed by atoms with Gasteiger partial charge in [0.25, 0.3) is 5.91 Å². The van der Waals surface area contributed by atoms with Gasteiger partial charge in [-0.1, -0.05) is 36.4 Å². The van der Waals surface area contributed by atoms with E-state index in [-0.39, 0.29) is 5.91 Å². The van der Waals surface area contributed by atoms with Crippen molar-refractivity contribution in [3.63, 3.8) is 0 Å². The molecule has 1 aromatic carbocycles. The summed E-state index contributed by atoms with van der Waals surface area (Å²) in [5.74, 6) is -0.0414. The topological polar surface area (TPSA) is 46.9 Å². The lowest BCUT2D eigenvalue weighted by atomic mass is 10.2. The quantitative estimate of drug-likeness (QED) is 0.562. The SMILES string of the molecule is O=C(NCCc1ccccn1)c1cc2sccc2n1Cc1ccccc1. The molecule has 4 nitrogen and oxygen atoms in total. The fourth-order valence-electron chi connectivity index (χ4n) is 3.04. The van der Waals surface area contributed by atoms with Gasteiger partial charge in [0.15, 0.2) is 0 Å². The smallest absolute Gasteiger partial charge is 0.267 e. The lowest BCUT2D eigenvalue weighted by Crippen LogP contribution is -2.28. The number of nitrogens with one attached hydrogen (secondary N) is 1. The van der Waals surface area contributed by atoms with E-state index in [0.717, 1.165) is 22.3 Å². The lowest BCUT2D eigenvalue weighted by molar-refractivity contribution is 0.0945. The summed E-state index contributed by atoms with van der Waals surface area (Å²) in [5, 5.41) is 5.09. The Morgan fingerprint density at radius 1 is 1.08 bits per heavy atom. The van der Waals surface area contributed by atoms with Crippen LogP contribution >= 0.6 is 11.3 Å². The van der Waals surface area contributed by atoms with Crippen LogP contribution in [-0.2, 0) is 13.0 Å². The second-order valence-electron chi connectivity index (χ2n) is 6.10. The van der Waals surface area contributed by atoms with Crippen molar-refractivity contribution in [3.8, 4) is 0 Å². The summed E-state index contributed by atoms with van der Waals surface area (Å²) in [6.07, 6.45) is 2.50. The number of carbonyl (C=O) groups is 1. The predicted molar refractivity (Wildman–Crippen MR) is 106 cm³/mol. The van der Waals surface area contributed by atoms with Crippen molar-refractivity contribution in [2.45, 2.75) is 13.0 Å². The normalized spacial score (nSPS) is 10.9. The molecule has 0 saturated carbocycles. The summed E-state index contributed by atoms with van der Waals surface area (Å²) in [7, 11) is 0. The highest BCUT2D eigenvalue weighted by atomic mass is 32.1. The first kappa shape index (κ1) is 16.5. The van der Waals surface area contributed by atoms with Gasteiger partial charge in [0.1, 0.15) is 5.69 Å². The maximum atomic E-state index is 12.8. The van der Waals surface area contributed by atoms with Crippen LogP contribution in [0.25, 0.3) is 10.2 Å². The fourth-order valence-corrected chi connectivity index (χ4v) is 3.86. The van der Waals surface area contributed by atoms with Crippen molar-refractivity contribution in [2.24, 2.45) is 0 Å². The zero-order chi connectivity index (χ0) is 17.8. The first-order chi connectivity index (χ1) is 12.8. The van der Waals surface area contributed by atoms with E-state index in [1.165, 1.54) is 5.56 Å². The molecule has 0 radical (unpaired) electrons. The van der Waals surface area contributed by atoms with Crippen LogP contribution in [0.15, 0.2) is 72.2 Å². The Kier molecular flexibility index (Phi) is 4.80. The summed E-state index contributed by atoms with van der Waals surface area (Å²) >= 11 is 1.66. The number of nitrogens with zero attached hydrogens (tertiary/aromatic N) is 2. The third-order valence-electron chi connectivity index (χ3n) is 4.33. The Hall–Kier alpha value is -2.92. The monoisotopic (exact) mass is 361 g/mol. The van der Waals surface area contributed by atoms with Crippen LogP contribution in [0, 0.1) is 0 Å². The van der Waals surface area contributed by atoms with Crippen LogP contribution in [0.4, 0.5) is 0 Å². The third kappa shape index (κ3) is 3.53. The molecule has 3 heterocycles. The average Bonchev–Trinajstić information content (AvgIpc) is 3.26. The van der Waals surface area contributed by atoms with Crippen LogP contribution in [0.2, 0.25) is 0 Å². The Morgan fingerprint density at radius 2 is 1.92 bits per heavy atom. The summed E-state index contributed by atoms with van der Waals surface area (Å²) in [6.45, 7) is 1.25. The van der Waals surface area contributed by atoms with E-state index in [2.05, 4.69) is 38.4 Å². The Balaban J connectivity index is 1.52. The number of rotatable bonds is 6. The molecule has 0 atom stereocenters. The molecule has 0 aliphatic heterocycles. The minimum Gasteiger partial charge on any atom is -0.350 e. The zero-order valence-corrected chi connectivity index (χ0v) is 15.1. The molecule has 0 aliphatic rings. The van der Waals surface area contributed by atoms with E-state index in [4.69, 9.17) is 0 Å². The van der Waals surface area contributed by atoms with Crippen LogP contribution in [0.3, 0.4) is 0 Å². The van der Waals surface area contributed by atoms with Crippen molar-refractivity contribution in [3.05, 3.63) is 89.2 Å². The second-order valence-corrected chi connectivity index (χ2v) is 7.05. The molecule has 0 aliphatic carbocycles. The second kappa shape index (κ2) is 7.54. The van der Waals surface area contributed by atoms with Gasteiger partial charge in [0, 0.05) is 31.4 Å². The molecule has 5 heteroatoms. The molecule has 4 aromatic rings. The van der Waals surface area contributed by atoms with Gasteiger partial charge < -0.3 is 9.88 Å². The van der Waals surface area contributed by atoms with Gasteiger partial charge in [-0.3, -0.25) is 9.78 Å². The lowest BCUT2D eigenvalue weighted by Gasteiger charge is -2.11. The molecule has 0 saturated heterocycles. The van der Waals surface area contributed by atoms with E-state index >= 15 is 0 Å². The number of benzene rings is 1. The number of hydrogen-bond acceptors (Lipinski definition) is 3. The standard InChI is InChI=1S/C21H19N3OS/c25-21(23-12-9-17-8-4-5-11-22-17)19-14-20-18(10-13-26-20)24(19)15-16-6-2-1-3-7-16/h1-8,10-11,13-14H,9,12,15H2,(H,23,25). The average molecular weight is 361 g/mol. The molecule has 4 rings (SSSR count).